The molecule has 0 spiro atoms. The maximum atomic E-state index is 12.2. The molecule has 17 heavy (non-hydrogen) atoms. The van der Waals surface area contributed by atoms with Gasteiger partial charge < -0.3 is 19.9 Å². The van der Waals surface area contributed by atoms with Gasteiger partial charge in [-0.25, -0.2) is 0 Å². The van der Waals surface area contributed by atoms with Gasteiger partial charge in [-0.2, -0.15) is 0 Å². The summed E-state index contributed by atoms with van der Waals surface area (Å²) in [6, 6.07) is 0.522. The summed E-state index contributed by atoms with van der Waals surface area (Å²) < 4.78 is 5.37. The molecule has 2 rings (SSSR count). The highest BCUT2D eigenvalue weighted by atomic mass is 16.5. The Labute approximate surface area is 103 Å². The molecule has 0 aromatic rings. The van der Waals surface area contributed by atoms with Crippen LogP contribution in [0.15, 0.2) is 0 Å². The summed E-state index contributed by atoms with van der Waals surface area (Å²) in [5.41, 5.74) is 0. The zero-order chi connectivity index (χ0) is 12.3. The molecule has 98 valence electrons. The number of hydrogen-bond acceptors (Lipinski definition) is 4. The molecule has 5 nitrogen and oxygen atoms in total. The third-order valence-corrected chi connectivity index (χ3v) is 3.57. The lowest BCUT2D eigenvalue weighted by Gasteiger charge is -2.39. The number of ether oxygens (including phenoxy) is 1. The van der Waals surface area contributed by atoms with Gasteiger partial charge in [-0.05, 0) is 14.0 Å². The lowest BCUT2D eigenvalue weighted by molar-refractivity contribution is -0.136. The second kappa shape index (κ2) is 5.80. The van der Waals surface area contributed by atoms with Crippen molar-refractivity contribution in [3.63, 3.8) is 0 Å². The van der Waals surface area contributed by atoms with E-state index < -0.39 is 0 Å². The molecule has 1 N–H and O–H groups in total. The molecule has 1 amide bonds. The van der Waals surface area contributed by atoms with Crippen molar-refractivity contribution in [3.05, 3.63) is 0 Å². The maximum Gasteiger partial charge on any atom is 0.224 e. The molecule has 0 radical (unpaired) electrons. The van der Waals surface area contributed by atoms with E-state index in [1.54, 1.807) is 0 Å². The summed E-state index contributed by atoms with van der Waals surface area (Å²) >= 11 is 0. The van der Waals surface area contributed by atoms with Crippen molar-refractivity contribution < 1.29 is 9.53 Å². The summed E-state index contributed by atoms with van der Waals surface area (Å²) in [6.07, 6.45) is 0.564. The van der Waals surface area contributed by atoms with Crippen molar-refractivity contribution in [2.75, 3.05) is 46.4 Å². The third kappa shape index (κ3) is 3.40. The van der Waals surface area contributed by atoms with Crippen LogP contribution in [-0.2, 0) is 9.53 Å². The van der Waals surface area contributed by atoms with Crippen molar-refractivity contribution >= 4 is 5.91 Å². The molecule has 2 unspecified atom stereocenters. The molecule has 0 saturated carbocycles. The normalized spacial score (nSPS) is 31.5. The number of rotatable bonds is 2. The first-order valence-corrected chi connectivity index (χ1v) is 6.46. The quantitative estimate of drug-likeness (QED) is 0.710. The van der Waals surface area contributed by atoms with E-state index in [0.717, 1.165) is 32.8 Å². The number of carbonyl (C=O) groups excluding carboxylic acids is 1. The number of nitrogens with one attached hydrogen (secondary N) is 1. The van der Waals surface area contributed by atoms with Gasteiger partial charge >= 0.3 is 0 Å². The minimum Gasteiger partial charge on any atom is -0.378 e. The van der Waals surface area contributed by atoms with Gasteiger partial charge in [0.25, 0.3) is 0 Å². The highest BCUT2D eigenvalue weighted by Gasteiger charge is 2.27. The van der Waals surface area contributed by atoms with Crippen LogP contribution in [0.3, 0.4) is 0 Å². The maximum absolute atomic E-state index is 12.2. The fourth-order valence-electron chi connectivity index (χ4n) is 2.59. The Morgan fingerprint density at radius 2 is 2.29 bits per heavy atom. The minimum absolute atomic E-state index is 0.197. The van der Waals surface area contributed by atoms with Gasteiger partial charge in [-0.1, -0.05) is 0 Å². The molecule has 2 atom stereocenters. The molecule has 0 aliphatic carbocycles. The number of hydrogen-bond donors (Lipinski definition) is 1. The van der Waals surface area contributed by atoms with Crippen molar-refractivity contribution in [1.82, 2.24) is 15.1 Å². The molecule has 2 fully saturated rings. The van der Waals surface area contributed by atoms with Gasteiger partial charge in [0.05, 0.1) is 13.2 Å². The Morgan fingerprint density at radius 3 is 2.94 bits per heavy atom. The number of likely N-dealkylation sites (N-methyl/N-ethyl adjacent to an activating group) is 1. The molecule has 2 aliphatic heterocycles. The van der Waals surface area contributed by atoms with E-state index in [1.807, 2.05) is 4.90 Å². The molecular formula is C12H23N3O2. The SMILES string of the molecule is CC1CN(C)CCN1C(=O)CC1COCCN1. The number of piperazine rings is 1. The predicted octanol–water partition coefficient (Wildman–Crippen LogP) is -0.473. The molecule has 0 bridgehead atoms. The van der Waals surface area contributed by atoms with Gasteiger partial charge in [-0.15, -0.1) is 0 Å². The van der Waals surface area contributed by atoms with E-state index in [-0.39, 0.29) is 11.9 Å². The largest absolute Gasteiger partial charge is 0.378 e. The average Bonchev–Trinajstić information content (AvgIpc) is 2.30. The Kier molecular flexibility index (Phi) is 4.36. The lowest BCUT2D eigenvalue weighted by Crippen LogP contribution is -2.54. The highest BCUT2D eigenvalue weighted by molar-refractivity contribution is 5.77. The molecule has 5 heteroatoms. The zero-order valence-electron chi connectivity index (χ0n) is 10.8. The molecule has 0 aromatic heterocycles. The molecule has 0 aromatic carbocycles. The van der Waals surface area contributed by atoms with Crippen LogP contribution in [0.1, 0.15) is 13.3 Å². The van der Waals surface area contributed by atoms with Crippen molar-refractivity contribution in [1.29, 1.82) is 0 Å². The molecule has 2 aliphatic rings. The Bertz CT molecular complexity index is 266. The minimum atomic E-state index is 0.197. The zero-order valence-corrected chi connectivity index (χ0v) is 10.8. The van der Waals surface area contributed by atoms with E-state index in [0.29, 0.717) is 19.1 Å². The van der Waals surface area contributed by atoms with Crippen LogP contribution in [0.5, 0.6) is 0 Å². The van der Waals surface area contributed by atoms with Gasteiger partial charge in [0, 0.05) is 44.7 Å². The summed E-state index contributed by atoms with van der Waals surface area (Å²) in [6.45, 7) is 7.20. The van der Waals surface area contributed by atoms with Crippen LogP contribution in [0.4, 0.5) is 0 Å². The van der Waals surface area contributed by atoms with E-state index >= 15 is 0 Å². The number of amides is 1. The Morgan fingerprint density at radius 1 is 1.47 bits per heavy atom. The van der Waals surface area contributed by atoms with E-state index in [1.165, 1.54) is 0 Å². The second-order valence-corrected chi connectivity index (χ2v) is 5.13. The topological polar surface area (TPSA) is 44.8 Å². The van der Waals surface area contributed by atoms with Gasteiger partial charge in [-0.3, -0.25) is 4.79 Å². The first kappa shape index (κ1) is 12.8. The molecule has 2 saturated heterocycles. The molecular weight excluding hydrogens is 218 g/mol. The van der Waals surface area contributed by atoms with Crippen LogP contribution in [-0.4, -0.2) is 74.2 Å². The van der Waals surface area contributed by atoms with Gasteiger partial charge in [0.2, 0.25) is 5.91 Å². The van der Waals surface area contributed by atoms with Gasteiger partial charge in [0.1, 0.15) is 0 Å². The Hall–Kier alpha value is -0.650. The molecule has 2 heterocycles. The smallest absolute Gasteiger partial charge is 0.224 e. The highest BCUT2D eigenvalue weighted by Crippen LogP contribution is 2.11. The standard InChI is InChI=1S/C12H23N3O2/c1-10-8-14(2)4-5-15(10)12(16)7-11-9-17-6-3-13-11/h10-11,13H,3-9H2,1-2H3. The third-order valence-electron chi connectivity index (χ3n) is 3.57. The summed E-state index contributed by atoms with van der Waals surface area (Å²) in [5, 5.41) is 3.33. The number of carbonyl (C=O) groups is 1. The second-order valence-electron chi connectivity index (χ2n) is 5.13. The summed E-state index contributed by atoms with van der Waals surface area (Å²) in [7, 11) is 2.11. The number of morpholine rings is 1. The predicted molar refractivity (Wildman–Crippen MR) is 65.9 cm³/mol. The first-order chi connectivity index (χ1) is 8.16. The van der Waals surface area contributed by atoms with Crippen molar-refractivity contribution in [3.8, 4) is 0 Å². The van der Waals surface area contributed by atoms with Crippen molar-refractivity contribution in [2.45, 2.75) is 25.4 Å². The van der Waals surface area contributed by atoms with E-state index in [2.05, 4.69) is 24.2 Å². The summed E-state index contributed by atoms with van der Waals surface area (Å²) in [5.74, 6) is 0.258. The van der Waals surface area contributed by atoms with E-state index in [4.69, 9.17) is 4.74 Å². The fraction of sp³-hybridized carbons (Fsp3) is 0.917. The first-order valence-electron chi connectivity index (χ1n) is 6.46. The van der Waals surface area contributed by atoms with Crippen LogP contribution in [0.25, 0.3) is 0 Å². The number of nitrogens with zero attached hydrogens (tertiary/aromatic N) is 2. The average molecular weight is 241 g/mol. The Balaban J connectivity index is 1.82. The van der Waals surface area contributed by atoms with Crippen LogP contribution in [0.2, 0.25) is 0 Å². The van der Waals surface area contributed by atoms with Crippen LogP contribution < -0.4 is 5.32 Å². The van der Waals surface area contributed by atoms with E-state index in [9.17, 15) is 4.79 Å². The van der Waals surface area contributed by atoms with Crippen LogP contribution in [0, 0.1) is 0 Å². The monoisotopic (exact) mass is 241 g/mol. The van der Waals surface area contributed by atoms with Crippen molar-refractivity contribution in [2.24, 2.45) is 0 Å². The summed E-state index contributed by atoms with van der Waals surface area (Å²) in [4.78, 5) is 16.5. The van der Waals surface area contributed by atoms with Crippen LogP contribution >= 0.6 is 0 Å². The fourth-order valence-corrected chi connectivity index (χ4v) is 2.59. The van der Waals surface area contributed by atoms with Gasteiger partial charge in [0.15, 0.2) is 0 Å². The lowest BCUT2D eigenvalue weighted by atomic mass is 10.1.